The Morgan fingerprint density at radius 3 is 1.53 bits per heavy atom. The van der Waals surface area contributed by atoms with Crippen LogP contribution in [0.15, 0.2) is 86.5 Å². The summed E-state index contributed by atoms with van der Waals surface area (Å²) in [7, 11) is 0. The van der Waals surface area contributed by atoms with E-state index in [9.17, 15) is 19.2 Å². The molecular formula is C34H32O11. The van der Waals surface area contributed by atoms with Crippen LogP contribution in [0, 0.1) is 20.8 Å². The Labute approximate surface area is 260 Å². The van der Waals surface area contributed by atoms with Crippen molar-refractivity contribution in [2.45, 2.75) is 20.8 Å². The largest absolute Gasteiger partial charge is 0.457 e. The molecule has 0 unspecified atom stereocenters. The highest BCUT2D eigenvalue weighted by Gasteiger charge is 2.19. The molecule has 3 rings (SSSR count). The van der Waals surface area contributed by atoms with E-state index >= 15 is 0 Å². The van der Waals surface area contributed by atoms with Crippen molar-refractivity contribution in [1.82, 2.24) is 0 Å². The maximum Gasteiger partial charge on any atom is 0.343 e. The van der Waals surface area contributed by atoms with Crippen molar-refractivity contribution in [3.05, 3.63) is 109 Å². The summed E-state index contributed by atoms with van der Waals surface area (Å²) in [4.78, 5) is 47.2. The quantitative estimate of drug-likeness (QED) is 0.0685. The molecule has 0 aliphatic heterocycles. The van der Waals surface area contributed by atoms with Crippen molar-refractivity contribution in [2.24, 2.45) is 0 Å². The molecule has 0 radical (unpaired) electrons. The lowest BCUT2D eigenvalue weighted by molar-refractivity contribution is -0.146. The SMILES string of the molecule is C=CC(=O)OCOc1ccc(-c2ccc(OC(=O)c3cc(C)c(OCOC(=O)C=C)c(OCOC(=O)C=C)c3)c(C)c2)cc1C. The number of hydrogen-bond donors (Lipinski definition) is 0. The van der Waals surface area contributed by atoms with E-state index in [1.54, 1.807) is 26.0 Å². The molecule has 0 aliphatic rings. The summed E-state index contributed by atoms with van der Waals surface area (Å²) in [5.74, 6) is -1.57. The minimum atomic E-state index is -0.713. The minimum absolute atomic E-state index is 0.0437. The lowest BCUT2D eigenvalue weighted by Crippen LogP contribution is -2.14. The zero-order chi connectivity index (χ0) is 32.9. The van der Waals surface area contributed by atoms with Gasteiger partial charge in [-0.25, -0.2) is 19.2 Å². The average molecular weight is 617 g/mol. The van der Waals surface area contributed by atoms with E-state index in [2.05, 4.69) is 19.7 Å². The second kappa shape index (κ2) is 16.1. The Bertz CT molecular complexity index is 1620. The average Bonchev–Trinajstić information content (AvgIpc) is 3.03. The van der Waals surface area contributed by atoms with Crippen LogP contribution in [0.2, 0.25) is 0 Å². The molecule has 0 bridgehead atoms. The van der Waals surface area contributed by atoms with E-state index in [-0.39, 0.29) is 23.9 Å². The molecule has 234 valence electrons. The second-order valence-corrected chi connectivity index (χ2v) is 9.26. The Kier molecular flexibility index (Phi) is 12.1. The van der Waals surface area contributed by atoms with Crippen LogP contribution in [0.1, 0.15) is 27.0 Å². The van der Waals surface area contributed by atoms with Crippen molar-refractivity contribution in [2.75, 3.05) is 20.4 Å². The van der Waals surface area contributed by atoms with Crippen molar-refractivity contribution >= 4 is 23.9 Å². The molecule has 0 saturated carbocycles. The summed E-state index contributed by atoms with van der Waals surface area (Å²) in [6.07, 6.45) is 3.01. The van der Waals surface area contributed by atoms with Gasteiger partial charge in [0.25, 0.3) is 0 Å². The molecule has 11 nitrogen and oxygen atoms in total. The first-order chi connectivity index (χ1) is 21.6. The Balaban J connectivity index is 1.77. The molecule has 3 aromatic carbocycles. The molecule has 0 saturated heterocycles. The highest BCUT2D eigenvalue weighted by molar-refractivity contribution is 5.92. The van der Waals surface area contributed by atoms with Gasteiger partial charge in [-0.1, -0.05) is 31.9 Å². The lowest BCUT2D eigenvalue weighted by Gasteiger charge is -2.16. The van der Waals surface area contributed by atoms with Crippen LogP contribution in [0.4, 0.5) is 0 Å². The first-order valence-corrected chi connectivity index (χ1v) is 13.4. The van der Waals surface area contributed by atoms with Gasteiger partial charge in [-0.15, -0.1) is 0 Å². The van der Waals surface area contributed by atoms with E-state index in [0.717, 1.165) is 34.9 Å². The Hall–Kier alpha value is -5.84. The predicted molar refractivity (Wildman–Crippen MR) is 163 cm³/mol. The number of aryl methyl sites for hydroxylation is 3. The van der Waals surface area contributed by atoms with Gasteiger partial charge in [0.1, 0.15) is 11.5 Å². The van der Waals surface area contributed by atoms with Crippen molar-refractivity contribution in [3.63, 3.8) is 0 Å². The lowest BCUT2D eigenvalue weighted by atomic mass is 10.0. The number of benzene rings is 3. The molecule has 0 heterocycles. The third kappa shape index (κ3) is 9.58. The van der Waals surface area contributed by atoms with Crippen LogP contribution in [-0.2, 0) is 28.6 Å². The van der Waals surface area contributed by atoms with E-state index < -0.39 is 37.5 Å². The Morgan fingerprint density at radius 1 is 0.578 bits per heavy atom. The maximum atomic E-state index is 13.2. The first-order valence-electron chi connectivity index (χ1n) is 13.4. The molecule has 45 heavy (non-hydrogen) atoms. The number of ether oxygens (including phenoxy) is 7. The van der Waals surface area contributed by atoms with Crippen LogP contribution in [-0.4, -0.2) is 44.3 Å². The molecular weight excluding hydrogens is 584 g/mol. The Morgan fingerprint density at radius 2 is 1.04 bits per heavy atom. The number of esters is 4. The highest BCUT2D eigenvalue weighted by Crippen LogP contribution is 2.34. The van der Waals surface area contributed by atoms with Crippen LogP contribution >= 0.6 is 0 Å². The van der Waals surface area contributed by atoms with Gasteiger partial charge in [0, 0.05) is 18.2 Å². The number of rotatable bonds is 15. The van der Waals surface area contributed by atoms with Gasteiger partial charge >= 0.3 is 23.9 Å². The van der Waals surface area contributed by atoms with Gasteiger partial charge in [-0.05, 0) is 85.0 Å². The summed E-state index contributed by atoms with van der Waals surface area (Å²) in [5.41, 5.74) is 3.88. The molecule has 3 aromatic rings. The summed E-state index contributed by atoms with van der Waals surface area (Å²) >= 11 is 0. The van der Waals surface area contributed by atoms with E-state index in [1.165, 1.54) is 12.1 Å². The summed E-state index contributed by atoms with van der Waals surface area (Å²) in [5, 5.41) is 0. The number of carbonyl (C=O) groups excluding carboxylic acids is 4. The van der Waals surface area contributed by atoms with Crippen molar-refractivity contribution in [3.8, 4) is 34.1 Å². The third-order valence-electron chi connectivity index (χ3n) is 6.10. The van der Waals surface area contributed by atoms with Crippen molar-refractivity contribution < 1.29 is 52.3 Å². The standard InChI is InChI=1S/C34H32O11/c1-7-30(35)41-18-39-27-12-10-24(14-21(27)4)25-11-13-28(22(5)15-25)45-34(38)26-16-23(6)33(44-20-43-32(37)9-3)29(17-26)40-19-42-31(36)8-2/h7-17H,1-3,18-20H2,4-6H3. The van der Waals surface area contributed by atoms with Gasteiger partial charge in [0.15, 0.2) is 11.5 Å². The summed E-state index contributed by atoms with van der Waals surface area (Å²) < 4.78 is 36.9. The first kappa shape index (κ1) is 33.7. The second-order valence-electron chi connectivity index (χ2n) is 9.26. The molecule has 0 N–H and O–H groups in total. The zero-order valence-corrected chi connectivity index (χ0v) is 25.1. The molecule has 0 aromatic heterocycles. The van der Waals surface area contributed by atoms with Crippen LogP contribution < -0.4 is 18.9 Å². The van der Waals surface area contributed by atoms with Gasteiger partial charge in [-0.2, -0.15) is 0 Å². The fraction of sp³-hybridized carbons (Fsp3) is 0.176. The molecule has 0 amide bonds. The zero-order valence-electron chi connectivity index (χ0n) is 25.1. The monoisotopic (exact) mass is 616 g/mol. The number of hydrogen-bond acceptors (Lipinski definition) is 11. The molecule has 0 fully saturated rings. The third-order valence-corrected chi connectivity index (χ3v) is 6.10. The van der Waals surface area contributed by atoms with Gasteiger partial charge in [0.2, 0.25) is 20.4 Å². The minimum Gasteiger partial charge on any atom is -0.457 e. The van der Waals surface area contributed by atoms with Gasteiger partial charge in [-0.3, -0.25) is 0 Å². The smallest absolute Gasteiger partial charge is 0.343 e. The normalized spacial score (nSPS) is 10.1. The molecule has 0 spiro atoms. The highest BCUT2D eigenvalue weighted by atomic mass is 16.7. The molecule has 0 aliphatic carbocycles. The van der Waals surface area contributed by atoms with Crippen LogP contribution in [0.3, 0.4) is 0 Å². The van der Waals surface area contributed by atoms with Crippen LogP contribution in [0.25, 0.3) is 11.1 Å². The summed E-state index contributed by atoms with van der Waals surface area (Å²) in [6, 6.07) is 13.8. The molecule has 0 atom stereocenters. The van der Waals surface area contributed by atoms with E-state index in [0.29, 0.717) is 22.6 Å². The van der Waals surface area contributed by atoms with Gasteiger partial charge in [0.05, 0.1) is 5.56 Å². The topological polar surface area (TPSA) is 133 Å². The predicted octanol–water partition coefficient (Wildman–Crippen LogP) is 5.69. The van der Waals surface area contributed by atoms with E-state index in [1.807, 2.05) is 31.2 Å². The van der Waals surface area contributed by atoms with Crippen LogP contribution in [0.5, 0.6) is 23.0 Å². The fourth-order valence-electron chi connectivity index (χ4n) is 3.87. The van der Waals surface area contributed by atoms with Gasteiger partial charge < -0.3 is 33.2 Å². The summed E-state index contributed by atoms with van der Waals surface area (Å²) in [6.45, 7) is 14.1. The van der Waals surface area contributed by atoms with Crippen molar-refractivity contribution in [1.29, 1.82) is 0 Å². The fourth-order valence-corrected chi connectivity index (χ4v) is 3.87. The number of carbonyl (C=O) groups is 4. The van der Waals surface area contributed by atoms with E-state index in [4.69, 9.17) is 33.2 Å². The maximum absolute atomic E-state index is 13.2. The molecule has 11 heteroatoms.